The second-order valence-electron chi connectivity index (χ2n) is 6.49. The summed E-state index contributed by atoms with van der Waals surface area (Å²) in [5.41, 5.74) is 0.785. The fraction of sp³-hybridized carbons (Fsp3) is 0.556. The summed E-state index contributed by atoms with van der Waals surface area (Å²) in [5.74, 6) is 1.23. The Morgan fingerprint density at radius 3 is 2.25 bits per heavy atom. The van der Waals surface area contributed by atoms with Gasteiger partial charge < -0.3 is 14.5 Å². The van der Waals surface area contributed by atoms with Gasteiger partial charge in [-0.2, -0.15) is 0 Å². The molecule has 1 aliphatic rings. The Labute approximate surface area is 148 Å². The van der Waals surface area contributed by atoms with E-state index in [0.717, 1.165) is 5.56 Å². The number of piperazine rings is 1. The van der Waals surface area contributed by atoms with Crippen molar-refractivity contribution < 1.29 is 14.3 Å². The maximum Gasteiger partial charge on any atom is 0.227 e. The standard InChI is InChI=1S/C18H25ClN2O3/c1-13(2)10-17(22)20-6-8-21(9-7-20)18(23)12-14-11-15(19)4-5-16(14)24-3/h4-5,11,13H,6-10,12H2,1-3H3. The summed E-state index contributed by atoms with van der Waals surface area (Å²) in [5, 5.41) is 0.586. The van der Waals surface area contributed by atoms with Crippen LogP contribution in [0, 0.1) is 5.92 Å². The molecule has 2 amide bonds. The summed E-state index contributed by atoms with van der Waals surface area (Å²) in [4.78, 5) is 28.3. The molecule has 0 saturated carbocycles. The highest BCUT2D eigenvalue weighted by atomic mass is 35.5. The van der Waals surface area contributed by atoms with Crippen LogP contribution in [0.2, 0.25) is 5.02 Å². The lowest BCUT2D eigenvalue weighted by Gasteiger charge is -2.35. The summed E-state index contributed by atoms with van der Waals surface area (Å²) in [6.07, 6.45) is 0.817. The molecule has 1 aromatic rings. The van der Waals surface area contributed by atoms with Gasteiger partial charge in [-0.15, -0.1) is 0 Å². The first kappa shape index (κ1) is 18.6. The quantitative estimate of drug-likeness (QED) is 0.818. The zero-order chi connectivity index (χ0) is 17.7. The molecule has 0 unspecified atom stereocenters. The maximum absolute atomic E-state index is 12.5. The summed E-state index contributed by atoms with van der Waals surface area (Å²) >= 11 is 6.01. The van der Waals surface area contributed by atoms with Crippen LogP contribution in [0.1, 0.15) is 25.8 Å². The predicted octanol–water partition coefficient (Wildman–Crippen LogP) is 2.61. The molecule has 5 nitrogen and oxygen atoms in total. The first-order chi connectivity index (χ1) is 11.4. The third-order valence-corrected chi connectivity index (χ3v) is 4.39. The van der Waals surface area contributed by atoms with Crippen LogP contribution >= 0.6 is 11.6 Å². The van der Waals surface area contributed by atoms with Gasteiger partial charge in [0.05, 0.1) is 13.5 Å². The Hall–Kier alpha value is -1.75. The fourth-order valence-electron chi connectivity index (χ4n) is 2.84. The Bertz CT molecular complexity index is 596. The molecule has 0 aliphatic carbocycles. The van der Waals surface area contributed by atoms with Crippen LogP contribution in [0.15, 0.2) is 18.2 Å². The number of halogens is 1. The third-order valence-electron chi connectivity index (χ3n) is 4.15. The summed E-state index contributed by atoms with van der Waals surface area (Å²) in [7, 11) is 1.58. The van der Waals surface area contributed by atoms with E-state index in [9.17, 15) is 9.59 Å². The first-order valence-corrected chi connectivity index (χ1v) is 8.66. The molecule has 0 aromatic heterocycles. The number of ether oxygens (including phenoxy) is 1. The largest absolute Gasteiger partial charge is 0.496 e. The van der Waals surface area contributed by atoms with Gasteiger partial charge in [-0.1, -0.05) is 25.4 Å². The van der Waals surface area contributed by atoms with E-state index >= 15 is 0 Å². The van der Waals surface area contributed by atoms with Gasteiger partial charge in [0.15, 0.2) is 0 Å². The minimum absolute atomic E-state index is 0.0338. The number of amides is 2. The highest BCUT2D eigenvalue weighted by molar-refractivity contribution is 6.30. The van der Waals surface area contributed by atoms with Gasteiger partial charge in [0, 0.05) is 43.2 Å². The number of nitrogens with zero attached hydrogens (tertiary/aromatic N) is 2. The highest BCUT2D eigenvalue weighted by Crippen LogP contribution is 2.23. The summed E-state index contributed by atoms with van der Waals surface area (Å²) < 4.78 is 5.29. The number of hydrogen-bond acceptors (Lipinski definition) is 3. The van der Waals surface area contributed by atoms with Gasteiger partial charge >= 0.3 is 0 Å². The van der Waals surface area contributed by atoms with Crippen molar-refractivity contribution in [2.75, 3.05) is 33.3 Å². The van der Waals surface area contributed by atoms with Crippen molar-refractivity contribution in [2.24, 2.45) is 5.92 Å². The molecule has 0 radical (unpaired) electrons. The Morgan fingerprint density at radius 1 is 1.12 bits per heavy atom. The lowest BCUT2D eigenvalue weighted by atomic mass is 10.1. The Kier molecular flexibility index (Phi) is 6.49. The monoisotopic (exact) mass is 352 g/mol. The van der Waals surface area contributed by atoms with Crippen LogP contribution < -0.4 is 4.74 Å². The van der Waals surface area contributed by atoms with Crippen LogP contribution in [0.25, 0.3) is 0 Å². The molecule has 0 atom stereocenters. The first-order valence-electron chi connectivity index (χ1n) is 8.28. The van der Waals surface area contributed by atoms with Crippen LogP contribution in [0.3, 0.4) is 0 Å². The molecular weight excluding hydrogens is 328 g/mol. The third kappa shape index (κ3) is 4.87. The smallest absolute Gasteiger partial charge is 0.227 e. The molecule has 1 aliphatic heterocycles. The molecule has 24 heavy (non-hydrogen) atoms. The topological polar surface area (TPSA) is 49.9 Å². The highest BCUT2D eigenvalue weighted by Gasteiger charge is 2.25. The number of hydrogen-bond donors (Lipinski definition) is 0. The van der Waals surface area contributed by atoms with E-state index in [2.05, 4.69) is 0 Å². The van der Waals surface area contributed by atoms with Crippen LogP contribution in [-0.2, 0) is 16.0 Å². The minimum atomic E-state index is 0.0338. The van der Waals surface area contributed by atoms with E-state index in [1.54, 1.807) is 30.2 Å². The minimum Gasteiger partial charge on any atom is -0.496 e. The molecule has 0 bridgehead atoms. The van der Waals surface area contributed by atoms with Crippen LogP contribution in [-0.4, -0.2) is 54.9 Å². The second kappa shape index (κ2) is 8.38. The number of benzene rings is 1. The molecule has 6 heteroatoms. The van der Waals surface area contributed by atoms with Crippen LogP contribution in [0.4, 0.5) is 0 Å². The zero-order valence-corrected chi connectivity index (χ0v) is 15.3. The Balaban J connectivity index is 1.91. The van der Waals surface area contributed by atoms with Crippen LogP contribution in [0.5, 0.6) is 5.75 Å². The molecule has 1 heterocycles. The predicted molar refractivity (Wildman–Crippen MR) is 94.3 cm³/mol. The molecule has 1 aromatic carbocycles. The second-order valence-corrected chi connectivity index (χ2v) is 6.93. The van der Waals surface area contributed by atoms with Gasteiger partial charge in [-0.05, 0) is 24.1 Å². The number of methoxy groups -OCH3 is 1. The number of carbonyl (C=O) groups excluding carboxylic acids is 2. The van der Waals surface area contributed by atoms with E-state index < -0.39 is 0 Å². The van der Waals surface area contributed by atoms with Gasteiger partial charge in [-0.3, -0.25) is 9.59 Å². The van der Waals surface area contributed by atoms with Crippen molar-refractivity contribution in [2.45, 2.75) is 26.7 Å². The average Bonchev–Trinajstić information content (AvgIpc) is 2.54. The Morgan fingerprint density at radius 2 is 1.71 bits per heavy atom. The van der Waals surface area contributed by atoms with E-state index in [0.29, 0.717) is 49.3 Å². The van der Waals surface area contributed by atoms with E-state index in [1.165, 1.54) is 0 Å². The lowest BCUT2D eigenvalue weighted by molar-refractivity contribution is -0.139. The zero-order valence-electron chi connectivity index (χ0n) is 14.5. The number of carbonyl (C=O) groups is 2. The molecule has 1 saturated heterocycles. The molecule has 0 N–H and O–H groups in total. The summed E-state index contributed by atoms with van der Waals surface area (Å²) in [6, 6.07) is 5.28. The molecule has 0 spiro atoms. The van der Waals surface area contributed by atoms with Gasteiger partial charge in [0.25, 0.3) is 0 Å². The molecule has 132 valence electrons. The SMILES string of the molecule is COc1ccc(Cl)cc1CC(=O)N1CCN(C(=O)CC(C)C)CC1. The van der Waals surface area contributed by atoms with Crippen molar-refractivity contribution in [3.8, 4) is 5.75 Å². The van der Waals surface area contributed by atoms with E-state index in [1.807, 2.05) is 18.7 Å². The van der Waals surface area contributed by atoms with Crippen molar-refractivity contribution >= 4 is 23.4 Å². The normalized spacial score (nSPS) is 14.9. The fourth-order valence-corrected chi connectivity index (χ4v) is 3.04. The maximum atomic E-state index is 12.5. The van der Waals surface area contributed by atoms with Crippen molar-refractivity contribution in [3.05, 3.63) is 28.8 Å². The molecular formula is C18H25ClN2O3. The van der Waals surface area contributed by atoms with Crippen molar-refractivity contribution in [1.29, 1.82) is 0 Å². The molecule has 2 rings (SSSR count). The van der Waals surface area contributed by atoms with Gasteiger partial charge in [-0.25, -0.2) is 0 Å². The lowest BCUT2D eigenvalue weighted by Crippen LogP contribution is -2.51. The van der Waals surface area contributed by atoms with E-state index in [4.69, 9.17) is 16.3 Å². The molecule has 1 fully saturated rings. The van der Waals surface area contributed by atoms with Crippen molar-refractivity contribution in [3.63, 3.8) is 0 Å². The summed E-state index contributed by atoms with van der Waals surface area (Å²) in [6.45, 7) is 6.43. The van der Waals surface area contributed by atoms with Gasteiger partial charge in [0.1, 0.15) is 5.75 Å². The van der Waals surface area contributed by atoms with Gasteiger partial charge in [0.2, 0.25) is 11.8 Å². The number of rotatable bonds is 5. The van der Waals surface area contributed by atoms with Crippen molar-refractivity contribution in [1.82, 2.24) is 9.80 Å². The van der Waals surface area contributed by atoms with E-state index in [-0.39, 0.29) is 18.2 Å². The average molecular weight is 353 g/mol.